The van der Waals surface area contributed by atoms with Crippen molar-refractivity contribution >= 4 is 10.8 Å². The summed E-state index contributed by atoms with van der Waals surface area (Å²) < 4.78 is 22.1. The summed E-state index contributed by atoms with van der Waals surface area (Å²) in [6.07, 6.45) is 0. The minimum Gasteiger partial charge on any atom is -0.457 e. The van der Waals surface area contributed by atoms with Crippen molar-refractivity contribution in [1.29, 1.82) is 0 Å². The molecule has 0 saturated heterocycles. The van der Waals surface area contributed by atoms with E-state index >= 15 is 0 Å². The zero-order valence-electron chi connectivity index (χ0n) is 17.2. The molecule has 1 heterocycles. The Morgan fingerprint density at radius 3 is 2.06 bits per heavy atom. The van der Waals surface area contributed by atoms with Crippen LogP contribution in [-0.4, -0.2) is 4.57 Å². The molecule has 0 aliphatic carbocycles. The maximum atomic E-state index is 14.6. The zero-order valence-corrected chi connectivity index (χ0v) is 17.2. The molecule has 0 aliphatic heterocycles. The molecule has 32 heavy (non-hydrogen) atoms. The van der Waals surface area contributed by atoms with Gasteiger partial charge in [-0.15, -0.1) is 0 Å². The highest BCUT2D eigenvalue weighted by Gasteiger charge is 2.14. The molecule has 0 saturated carbocycles. The Balaban J connectivity index is 1.61. The summed E-state index contributed by atoms with van der Waals surface area (Å²) in [4.78, 5) is 13.4. The van der Waals surface area contributed by atoms with Crippen LogP contribution in [0.1, 0.15) is 5.56 Å². The lowest BCUT2D eigenvalue weighted by molar-refractivity contribution is 0.483. The molecule has 1 aromatic heterocycles. The van der Waals surface area contributed by atoms with E-state index in [1.165, 1.54) is 6.07 Å². The second-order valence-corrected chi connectivity index (χ2v) is 7.55. The molecule has 0 N–H and O–H groups in total. The second kappa shape index (κ2) is 8.52. The van der Waals surface area contributed by atoms with Gasteiger partial charge in [-0.25, -0.2) is 4.39 Å². The largest absolute Gasteiger partial charge is 0.457 e. The Hall–Kier alpha value is -4.18. The van der Waals surface area contributed by atoms with Crippen molar-refractivity contribution in [2.75, 3.05) is 0 Å². The van der Waals surface area contributed by atoms with Gasteiger partial charge in [-0.3, -0.25) is 4.79 Å². The summed E-state index contributed by atoms with van der Waals surface area (Å²) in [6, 6.07) is 33.2. The lowest BCUT2D eigenvalue weighted by Gasteiger charge is -2.16. The predicted octanol–water partition coefficient (Wildman–Crippen LogP) is 6.65. The number of para-hydroxylation sites is 1. The standard InChI is InChI=1S/C28H20FNO2/c29-26-13-7-12-24-25(26)18-27(30(28(24)31)19-20-8-3-1-4-9-20)21-14-16-23(17-15-21)32-22-10-5-2-6-11-22/h1-18H,19H2. The van der Waals surface area contributed by atoms with E-state index < -0.39 is 5.82 Å². The molecule has 5 rings (SSSR count). The van der Waals surface area contributed by atoms with E-state index in [1.807, 2.05) is 84.9 Å². The van der Waals surface area contributed by atoms with E-state index in [1.54, 1.807) is 22.8 Å². The van der Waals surface area contributed by atoms with Crippen LogP contribution in [0.3, 0.4) is 0 Å². The van der Waals surface area contributed by atoms with Crippen LogP contribution in [0, 0.1) is 5.82 Å². The molecule has 0 aliphatic rings. The van der Waals surface area contributed by atoms with E-state index in [9.17, 15) is 9.18 Å². The smallest absolute Gasteiger partial charge is 0.259 e. The molecule has 0 fully saturated rings. The van der Waals surface area contributed by atoms with Crippen molar-refractivity contribution in [1.82, 2.24) is 4.57 Å². The third kappa shape index (κ3) is 3.91. The van der Waals surface area contributed by atoms with Crippen LogP contribution < -0.4 is 10.3 Å². The molecule has 0 atom stereocenters. The van der Waals surface area contributed by atoms with Crippen molar-refractivity contribution in [3.8, 4) is 22.8 Å². The van der Waals surface area contributed by atoms with Crippen LogP contribution >= 0.6 is 0 Å². The third-order valence-corrected chi connectivity index (χ3v) is 5.41. The van der Waals surface area contributed by atoms with Crippen molar-refractivity contribution in [3.05, 3.63) is 131 Å². The summed E-state index contributed by atoms with van der Waals surface area (Å²) in [5.74, 6) is 1.02. The molecule has 3 nitrogen and oxygen atoms in total. The highest BCUT2D eigenvalue weighted by atomic mass is 19.1. The van der Waals surface area contributed by atoms with E-state index in [0.717, 1.165) is 16.9 Å². The molecule has 4 aromatic carbocycles. The average molecular weight is 421 g/mol. The van der Waals surface area contributed by atoms with Crippen LogP contribution in [0.25, 0.3) is 22.0 Å². The number of rotatable bonds is 5. The third-order valence-electron chi connectivity index (χ3n) is 5.41. The van der Waals surface area contributed by atoms with Gasteiger partial charge in [0.25, 0.3) is 5.56 Å². The van der Waals surface area contributed by atoms with Crippen LogP contribution in [0.5, 0.6) is 11.5 Å². The molecule has 156 valence electrons. The molecule has 5 aromatic rings. The number of fused-ring (bicyclic) bond motifs is 1. The monoisotopic (exact) mass is 421 g/mol. The number of halogens is 1. The summed E-state index contributed by atoms with van der Waals surface area (Å²) in [6.45, 7) is 0.393. The van der Waals surface area contributed by atoms with Crippen molar-refractivity contribution in [2.45, 2.75) is 6.54 Å². The van der Waals surface area contributed by atoms with Gasteiger partial charge >= 0.3 is 0 Å². The maximum Gasteiger partial charge on any atom is 0.259 e. The quantitative estimate of drug-likeness (QED) is 0.318. The summed E-state index contributed by atoms with van der Waals surface area (Å²) in [5, 5.41) is 0.690. The first kappa shape index (κ1) is 19.8. The van der Waals surface area contributed by atoms with E-state index in [-0.39, 0.29) is 5.56 Å². The number of aromatic nitrogens is 1. The first-order valence-corrected chi connectivity index (χ1v) is 10.4. The number of ether oxygens (including phenoxy) is 1. The SMILES string of the molecule is O=c1c2cccc(F)c2cc(-c2ccc(Oc3ccccc3)cc2)n1Cc1ccccc1. The predicted molar refractivity (Wildman–Crippen MR) is 126 cm³/mol. The lowest BCUT2D eigenvalue weighted by Crippen LogP contribution is -2.23. The normalized spacial score (nSPS) is 10.9. The Kier molecular flexibility index (Phi) is 5.26. The lowest BCUT2D eigenvalue weighted by atomic mass is 10.0. The number of hydrogen-bond donors (Lipinski definition) is 0. The van der Waals surface area contributed by atoms with Crippen LogP contribution in [0.4, 0.5) is 4.39 Å². The second-order valence-electron chi connectivity index (χ2n) is 7.55. The van der Waals surface area contributed by atoms with Crippen LogP contribution in [-0.2, 0) is 6.54 Å². The number of benzene rings is 4. The molecule has 0 bridgehead atoms. The zero-order chi connectivity index (χ0) is 21.9. The summed E-state index contributed by atoms with van der Waals surface area (Å²) >= 11 is 0. The van der Waals surface area contributed by atoms with Crippen molar-refractivity contribution in [3.63, 3.8) is 0 Å². The Morgan fingerprint density at radius 2 is 1.34 bits per heavy atom. The molecular weight excluding hydrogens is 401 g/mol. The number of pyridine rings is 1. The van der Waals surface area contributed by atoms with E-state index in [0.29, 0.717) is 28.8 Å². The fraction of sp³-hybridized carbons (Fsp3) is 0.0357. The van der Waals surface area contributed by atoms with Crippen LogP contribution in [0.15, 0.2) is 114 Å². The van der Waals surface area contributed by atoms with E-state index in [2.05, 4.69) is 0 Å². The van der Waals surface area contributed by atoms with Gasteiger partial charge in [-0.05, 0) is 65.7 Å². The Morgan fingerprint density at radius 1 is 0.688 bits per heavy atom. The highest BCUT2D eigenvalue weighted by molar-refractivity contribution is 5.86. The van der Waals surface area contributed by atoms with Gasteiger partial charge in [-0.2, -0.15) is 0 Å². The van der Waals surface area contributed by atoms with Gasteiger partial charge in [0, 0.05) is 5.39 Å². The fourth-order valence-electron chi connectivity index (χ4n) is 3.82. The number of nitrogens with zero attached hydrogens (tertiary/aromatic N) is 1. The first-order valence-electron chi connectivity index (χ1n) is 10.4. The molecule has 0 spiro atoms. The topological polar surface area (TPSA) is 31.2 Å². The molecular formula is C28H20FNO2. The van der Waals surface area contributed by atoms with Gasteiger partial charge in [-0.1, -0.05) is 54.6 Å². The molecule has 0 unspecified atom stereocenters. The van der Waals surface area contributed by atoms with Crippen molar-refractivity contribution < 1.29 is 9.13 Å². The average Bonchev–Trinajstić information content (AvgIpc) is 2.83. The van der Waals surface area contributed by atoms with Gasteiger partial charge in [0.2, 0.25) is 0 Å². The minimum atomic E-state index is -0.406. The Bertz CT molecular complexity index is 1430. The van der Waals surface area contributed by atoms with Crippen LogP contribution in [0.2, 0.25) is 0 Å². The molecule has 0 amide bonds. The molecule has 4 heteroatoms. The maximum absolute atomic E-state index is 14.6. The fourth-order valence-corrected chi connectivity index (χ4v) is 3.82. The van der Waals surface area contributed by atoms with Gasteiger partial charge in [0.05, 0.1) is 17.6 Å². The first-order chi connectivity index (χ1) is 15.7. The summed E-state index contributed by atoms with van der Waals surface area (Å²) in [5.41, 5.74) is 2.24. The number of hydrogen-bond acceptors (Lipinski definition) is 2. The van der Waals surface area contributed by atoms with Crippen molar-refractivity contribution in [2.24, 2.45) is 0 Å². The van der Waals surface area contributed by atoms with Gasteiger partial charge in [0.1, 0.15) is 17.3 Å². The summed E-state index contributed by atoms with van der Waals surface area (Å²) in [7, 11) is 0. The van der Waals surface area contributed by atoms with E-state index in [4.69, 9.17) is 4.74 Å². The Labute approximate surface area is 185 Å². The minimum absolute atomic E-state index is 0.217. The van der Waals surface area contributed by atoms with Gasteiger partial charge < -0.3 is 9.30 Å². The van der Waals surface area contributed by atoms with Gasteiger partial charge in [0.15, 0.2) is 0 Å². The highest BCUT2D eigenvalue weighted by Crippen LogP contribution is 2.28. The molecule has 0 radical (unpaired) electrons.